The van der Waals surface area contributed by atoms with E-state index >= 15 is 0 Å². The van der Waals surface area contributed by atoms with Crippen LogP contribution < -0.4 is 5.32 Å². The normalized spacial score (nSPS) is 12.2. The van der Waals surface area contributed by atoms with E-state index in [0.29, 0.717) is 19.8 Å². The lowest BCUT2D eigenvalue weighted by atomic mass is 10.4. The van der Waals surface area contributed by atoms with Crippen molar-refractivity contribution in [1.29, 1.82) is 0 Å². The smallest absolute Gasteiger partial charge is 0.407 e. The van der Waals surface area contributed by atoms with Gasteiger partial charge in [0.1, 0.15) is 6.10 Å². The standard InChI is InChI=1S/C8H17NO4/c1-3-12-5-4-9-8(11)13-7(2)6-10/h7,10H,3-6H2,1-2H3,(H,9,11). The molecule has 0 fully saturated rings. The molecule has 0 saturated carbocycles. The highest BCUT2D eigenvalue weighted by molar-refractivity contribution is 5.67. The number of amides is 1. The molecule has 5 heteroatoms. The first-order chi connectivity index (χ1) is 6.20. The molecule has 0 radical (unpaired) electrons. The Labute approximate surface area is 78.0 Å². The summed E-state index contributed by atoms with van der Waals surface area (Å²) >= 11 is 0. The van der Waals surface area contributed by atoms with Crippen molar-refractivity contribution in [2.24, 2.45) is 0 Å². The summed E-state index contributed by atoms with van der Waals surface area (Å²) in [5.41, 5.74) is 0. The molecule has 0 aliphatic heterocycles. The summed E-state index contributed by atoms with van der Waals surface area (Å²) in [5, 5.41) is 11.0. The fourth-order valence-corrected chi connectivity index (χ4v) is 0.631. The molecule has 1 atom stereocenters. The van der Waals surface area contributed by atoms with Crippen LogP contribution in [0.3, 0.4) is 0 Å². The van der Waals surface area contributed by atoms with E-state index in [0.717, 1.165) is 0 Å². The fraction of sp³-hybridized carbons (Fsp3) is 0.875. The average molecular weight is 191 g/mol. The van der Waals surface area contributed by atoms with Crippen molar-refractivity contribution in [2.45, 2.75) is 20.0 Å². The molecule has 0 aromatic heterocycles. The molecule has 0 aliphatic rings. The Balaban J connectivity index is 3.30. The van der Waals surface area contributed by atoms with Gasteiger partial charge in [-0.25, -0.2) is 4.79 Å². The van der Waals surface area contributed by atoms with E-state index in [1.807, 2.05) is 6.92 Å². The first-order valence-electron chi connectivity index (χ1n) is 4.33. The summed E-state index contributed by atoms with van der Waals surface area (Å²) in [7, 11) is 0. The molecule has 0 heterocycles. The molecule has 5 nitrogen and oxygen atoms in total. The zero-order valence-electron chi connectivity index (χ0n) is 8.08. The molecule has 0 aromatic rings. The fourth-order valence-electron chi connectivity index (χ4n) is 0.631. The van der Waals surface area contributed by atoms with E-state index in [4.69, 9.17) is 14.6 Å². The Morgan fingerprint density at radius 1 is 1.62 bits per heavy atom. The summed E-state index contributed by atoms with van der Waals surface area (Å²) in [6.07, 6.45) is -0.992. The summed E-state index contributed by atoms with van der Waals surface area (Å²) < 4.78 is 9.72. The SMILES string of the molecule is CCOCCNC(=O)OC(C)CO. The van der Waals surface area contributed by atoms with E-state index in [-0.39, 0.29) is 6.61 Å². The van der Waals surface area contributed by atoms with Crippen LogP contribution in [0.5, 0.6) is 0 Å². The lowest BCUT2D eigenvalue weighted by Gasteiger charge is -2.10. The van der Waals surface area contributed by atoms with Gasteiger partial charge in [0.25, 0.3) is 0 Å². The van der Waals surface area contributed by atoms with Crippen LogP contribution in [0.4, 0.5) is 4.79 Å². The van der Waals surface area contributed by atoms with E-state index in [1.165, 1.54) is 0 Å². The summed E-state index contributed by atoms with van der Waals surface area (Å²) in [6, 6.07) is 0. The number of rotatable bonds is 6. The molecule has 78 valence electrons. The van der Waals surface area contributed by atoms with E-state index in [9.17, 15) is 4.79 Å². The molecule has 0 spiro atoms. The zero-order chi connectivity index (χ0) is 10.1. The van der Waals surface area contributed by atoms with Crippen LogP contribution in [0.15, 0.2) is 0 Å². The largest absolute Gasteiger partial charge is 0.444 e. The van der Waals surface area contributed by atoms with Gasteiger partial charge in [-0.15, -0.1) is 0 Å². The van der Waals surface area contributed by atoms with Crippen LogP contribution in [0.25, 0.3) is 0 Å². The maximum atomic E-state index is 10.9. The topological polar surface area (TPSA) is 67.8 Å². The second kappa shape index (κ2) is 7.82. The predicted molar refractivity (Wildman–Crippen MR) is 47.5 cm³/mol. The summed E-state index contributed by atoms with van der Waals surface area (Å²) in [6.45, 7) is 4.85. The van der Waals surface area contributed by atoms with Gasteiger partial charge in [-0.1, -0.05) is 0 Å². The number of hydrogen-bond donors (Lipinski definition) is 2. The average Bonchev–Trinajstić information content (AvgIpc) is 2.12. The minimum Gasteiger partial charge on any atom is -0.444 e. The van der Waals surface area contributed by atoms with Gasteiger partial charge in [-0.05, 0) is 13.8 Å². The summed E-state index contributed by atoms with van der Waals surface area (Å²) in [5.74, 6) is 0. The number of alkyl carbamates (subject to hydrolysis) is 1. The lowest BCUT2D eigenvalue weighted by Crippen LogP contribution is -2.31. The highest BCUT2D eigenvalue weighted by atomic mass is 16.6. The third-order valence-corrected chi connectivity index (χ3v) is 1.29. The van der Waals surface area contributed by atoms with Crippen LogP contribution in [0, 0.1) is 0 Å². The molecule has 2 N–H and O–H groups in total. The van der Waals surface area contributed by atoms with E-state index in [2.05, 4.69) is 5.32 Å². The number of carbonyl (C=O) groups is 1. The highest BCUT2D eigenvalue weighted by Crippen LogP contribution is 1.88. The second-order valence-corrected chi connectivity index (χ2v) is 2.52. The summed E-state index contributed by atoms with van der Waals surface area (Å²) in [4.78, 5) is 10.9. The molecule has 1 unspecified atom stereocenters. The quantitative estimate of drug-likeness (QED) is 0.585. The van der Waals surface area contributed by atoms with Crippen LogP contribution >= 0.6 is 0 Å². The molecule has 1 amide bonds. The molecule has 0 saturated heterocycles. The third kappa shape index (κ3) is 7.55. The third-order valence-electron chi connectivity index (χ3n) is 1.29. The van der Waals surface area contributed by atoms with Gasteiger partial charge < -0.3 is 19.9 Å². The molecule has 0 rings (SSSR count). The Kier molecular flexibility index (Phi) is 7.33. The van der Waals surface area contributed by atoms with Gasteiger partial charge in [-0.3, -0.25) is 0 Å². The van der Waals surface area contributed by atoms with Gasteiger partial charge in [0, 0.05) is 13.2 Å². The van der Waals surface area contributed by atoms with Crippen molar-refractivity contribution in [1.82, 2.24) is 5.32 Å². The van der Waals surface area contributed by atoms with Gasteiger partial charge in [0.15, 0.2) is 0 Å². The monoisotopic (exact) mass is 191 g/mol. The highest BCUT2D eigenvalue weighted by Gasteiger charge is 2.06. The second-order valence-electron chi connectivity index (χ2n) is 2.52. The number of ether oxygens (including phenoxy) is 2. The van der Waals surface area contributed by atoms with Gasteiger partial charge in [0.2, 0.25) is 0 Å². The van der Waals surface area contributed by atoms with Crippen molar-refractivity contribution >= 4 is 6.09 Å². The number of nitrogens with one attached hydrogen (secondary N) is 1. The molecule has 0 aliphatic carbocycles. The maximum Gasteiger partial charge on any atom is 0.407 e. The minimum atomic E-state index is -0.527. The van der Waals surface area contributed by atoms with Crippen molar-refractivity contribution in [3.8, 4) is 0 Å². The number of aliphatic hydroxyl groups is 1. The Morgan fingerprint density at radius 2 is 2.31 bits per heavy atom. The van der Waals surface area contributed by atoms with Crippen LogP contribution in [-0.4, -0.2) is 43.7 Å². The van der Waals surface area contributed by atoms with Crippen LogP contribution in [0.2, 0.25) is 0 Å². The van der Waals surface area contributed by atoms with Gasteiger partial charge >= 0.3 is 6.09 Å². The molecular weight excluding hydrogens is 174 g/mol. The van der Waals surface area contributed by atoms with Gasteiger partial charge in [0.05, 0.1) is 13.2 Å². The van der Waals surface area contributed by atoms with Crippen molar-refractivity contribution in [3.63, 3.8) is 0 Å². The number of aliphatic hydroxyl groups excluding tert-OH is 1. The van der Waals surface area contributed by atoms with E-state index in [1.54, 1.807) is 6.92 Å². The first-order valence-corrected chi connectivity index (χ1v) is 4.33. The Morgan fingerprint density at radius 3 is 2.85 bits per heavy atom. The maximum absolute atomic E-state index is 10.9. The molecule has 0 bridgehead atoms. The van der Waals surface area contributed by atoms with Crippen molar-refractivity contribution < 1.29 is 19.4 Å². The zero-order valence-corrected chi connectivity index (χ0v) is 8.08. The molecular formula is C8H17NO4. The Hall–Kier alpha value is -0.810. The van der Waals surface area contributed by atoms with Gasteiger partial charge in [-0.2, -0.15) is 0 Å². The number of carbonyl (C=O) groups excluding carboxylic acids is 1. The van der Waals surface area contributed by atoms with Crippen molar-refractivity contribution in [2.75, 3.05) is 26.4 Å². The van der Waals surface area contributed by atoms with Crippen molar-refractivity contribution in [3.05, 3.63) is 0 Å². The van der Waals surface area contributed by atoms with E-state index < -0.39 is 12.2 Å². The lowest BCUT2D eigenvalue weighted by molar-refractivity contribution is 0.0654. The first kappa shape index (κ1) is 12.2. The predicted octanol–water partition coefficient (Wildman–Crippen LogP) is 0.130. The number of hydrogen-bond acceptors (Lipinski definition) is 4. The molecule has 0 aromatic carbocycles. The molecule has 13 heavy (non-hydrogen) atoms. The van der Waals surface area contributed by atoms with Crippen LogP contribution in [-0.2, 0) is 9.47 Å². The minimum absolute atomic E-state index is 0.168. The Bertz CT molecular complexity index is 140. The van der Waals surface area contributed by atoms with Crippen LogP contribution in [0.1, 0.15) is 13.8 Å².